The maximum absolute atomic E-state index is 12.5. The number of nitrogens with one attached hydrogen (secondary N) is 1. The van der Waals surface area contributed by atoms with Gasteiger partial charge in [-0.1, -0.05) is 18.2 Å². The number of nitrogen functional groups attached to an aromatic ring is 1. The van der Waals surface area contributed by atoms with E-state index < -0.39 is 78.6 Å². The lowest BCUT2D eigenvalue weighted by Gasteiger charge is -2.14. The summed E-state index contributed by atoms with van der Waals surface area (Å²) < 4.78 is 104. The van der Waals surface area contributed by atoms with E-state index in [1.165, 1.54) is 60.7 Å². The molecule has 0 amide bonds. The first-order valence-corrected chi connectivity index (χ1v) is 20.0. The van der Waals surface area contributed by atoms with Crippen LogP contribution in [-0.4, -0.2) is 54.2 Å². The Kier molecular flexibility index (Phi) is 10.7. The lowest BCUT2D eigenvalue weighted by atomic mass is 10.1. The van der Waals surface area contributed by atoms with Crippen molar-refractivity contribution in [3.63, 3.8) is 0 Å². The predicted molar refractivity (Wildman–Crippen MR) is 204 cm³/mol. The lowest BCUT2D eigenvalue weighted by molar-refractivity contribution is 0.451. The minimum absolute atomic E-state index is 0.0888. The van der Waals surface area contributed by atoms with Crippen LogP contribution in [0.15, 0.2) is 149 Å². The molecule has 23 heteroatoms. The highest BCUT2D eigenvalue weighted by molar-refractivity contribution is 7.86. The smallest absolute Gasteiger partial charge is 0.296 e. The number of hydrogen-bond acceptors (Lipinski definition) is 17. The van der Waals surface area contributed by atoms with Gasteiger partial charge >= 0.3 is 0 Å². The van der Waals surface area contributed by atoms with Gasteiger partial charge in [-0.25, -0.2) is 0 Å². The minimum Gasteiger partial charge on any atom is -0.508 e. The second-order valence-corrected chi connectivity index (χ2v) is 15.9. The van der Waals surface area contributed by atoms with Crippen molar-refractivity contribution in [2.45, 2.75) is 14.7 Å². The normalized spacial score (nSPS) is 12.6. The monoisotopic (exact) mass is 834 g/mol. The molecule has 0 unspecified atom stereocenters. The summed E-state index contributed by atoms with van der Waals surface area (Å²) in [5, 5.41) is 55.7. The molecule has 0 saturated carbocycles. The molecule has 0 aliphatic heterocycles. The summed E-state index contributed by atoms with van der Waals surface area (Å²) >= 11 is 0. The number of aromatic hydroxyl groups is 3. The Morgan fingerprint density at radius 2 is 1.07 bits per heavy atom. The zero-order valence-electron chi connectivity index (χ0n) is 28.4. The number of phenolic OH excluding ortho intramolecular Hbond substituents is 3. The number of phenols is 3. The molecule has 0 aromatic heterocycles. The minimum atomic E-state index is -5.21. The van der Waals surface area contributed by atoms with E-state index in [4.69, 9.17) is 5.73 Å². The summed E-state index contributed by atoms with van der Waals surface area (Å²) in [5.74, 6) is -1.44. The molecule has 0 aliphatic carbocycles. The van der Waals surface area contributed by atoms with Crippen molar-refractivity contribution in [3.05, 3.63) is 103 Å². The van der Waals surface area contributed by atoms with Gasteiger partial charge in [-0.3, -0.25) is 13.7 Å². The molecule has 0 heterocycles. The summed E-state index contributed by atoms with van der Waals surface area (Å²) in [6, 6.07) is 22.3. The summed E-state index contributed by atoms with van der Waals surface area (Å²) in [4.78, 5) is -2.70. The molecule has 6 aromatic rings. The van der Waals surface area contributed by atoms with E-state index in [0.29, 0.717) is 17.4 Å². The first-order chi connectivity index (χ1) is 26.8. The highest BCUT2D eigenvalue weighted by atomic mass is 32.2. The molecule has 0 fully saturated rings. The summed E-state index contributed by atoms with van der Waals surface area (Å²) in [6.07, 6.45) is 0. The Morgan fingerprint density at radius 3 is 1.68 bits per heavy atom. The molecule has 0 atom stereocenters. The Morgan fingerprint density at radius 1 is 0.526 bits per heavy atom. The van der Waals surface area contributed by atoms with E-state index >= 15 is 0 Å². The van der Waals surface area contributed by atoms with Gasteiger partial charge in [0, 0.05) is 11.8 Å². The number of nitrogens with two attached hydrogens (primary N) is 1. The largest absolute Gasteiger partial charge is 0.508 e. The Balaban J connectivity index is 1.37. The highest BCUT2D eigenvalue weighted by Crippen LogP contribution is 2.48. The maximum atomic E-state index is 12.5. The van der Waals surface area contributed by atoms with Gasteiger partial charge < -0.3 is 26.4 Å². The van der Waals surface area contributed by atoms with E-state index in [9.17, 15) is 54.2 Å². The zero-order valence-corrected chi connectivity index (χ0v) is 30.9. The quantitative estimate of drug-likeness (QED) is 0.0346. The number of hydrogen-bond donors (Lipinski definition) is 8. The topological polar surface area (TPSA) is 336 Å². The van der Waals surface area contributed by atoms with Crippen LogP contribution in [-0.2, 0) is 30.4 Å². The molecule has 0 aliphatic rings. The number of rotatable bonds is 11. The second kappa shape index (κ2) is 15.3. The van der Waals surface area contributed by atoms with Crippen LogP contribution >= 0.6 is 0 Å². The van der Waals surface area contributed by atoms with Crippen molar-refractivity contribution in [2.75, 3.05) is 11.1 Å². The first-order valence-electron chi connectivity index (χ1n) is 15.7. The van der Waals surface area contributed by atoms with Gasteiger partial charge in [-0.2, -0.15) is 40.6 Å². The van der Waals surface area contributed by atoms with Crippen LogP contribution < -0.4 is 11.1 Å². The number of benzene rings is 6. The van der Waals surface area contributed by atoms with Gasteiger partial charge in [0.05, 0.1) is 33.8 Å². The lowest BCUT2D eigenvalue weighted by Crippen LogP contribution is -2.04. The summed E-state index contributed by atoms with van der Waals surface area (Å²) in [6.45, 7) is 0. The van der Waals surface area contributed by atoms with Crippen molar-refractivity contribution in [1.82, 2.24) is 0 Å². The summed E-state index contributed by atoms with van der Waals surface area (Å²) in [7, 11) is -15.3. The van der Waals surface area contributed by atoms with Gasteiger partial charge in [0.2, 0.25) is 0 Å². The number of anilines is 3. The van der Waals surface area contributed by atoms with Crippen molar-refractivity contribution >= 4 is 92.3 Å². The van der Waals surface area contributed by atoms with Gasteiger partial charge in [-0.05, 0) is 84.2 Å². The van der Waals surface area contributed by atoms with Crippen LogP contribution in [0.5, 0.6) is 17.2 Å². The number of nitrogens with zero attached hydrogens (tertiary/aromatic N) is 6. The van der Waals surface area contributed by atoms with Crippen molar-refractivity contribution < 1.29 is 54.2 Å². The first kappa shape index (κ1) is 39.8. The second-order valence-electron chi connectivity index (χ2n) is 11.7. The molecule has 0 radical (unpaired) electrons. The highest BCUT2D eigenvalue weighted by Gasteiger charge is 2.28. The fourth-order valence-electron chi connectivity index (χ4n) is 5.18. The molecule has 57 heavy (non-hydrogen) atoms. The average molecular weight is 835 g/mol. The van der Waals surface area contributed by atoms with E-state index in [-0.39, 0.29) is 34.2 Å². The van der Waals surface area contributed by atoms with Crippen LogP contribution in [0.3, 0.4) is 0 Å². The van der Waals surface area contributed by atoms with E-state index in [2.05, 4.69) is 36.0 Å². The standard InChI is InChI=1S/C34H26N8O12S3/c35-31-30-18(15-29(57(52,53)54)33(34(30)45)42-38-20-4-2-1-3-5-20)14-28(56(49,50)51)32(31)41-39-22-10-12-25(27(16-22)55(46,47)48)36-19-6-8-21(9-7-19)37-40-24-13-11-23(43)17-26(24)44/h1-17,36,43-45H,35H2,(H,46,47,48)(H,49,50,51)(H,52,53,54)/b40-37+,41-39+,42-38+. The van der Waals surface area contributed by atoms with E-state index in [0.717, 1.165) is 18.2 Å². The van der Waals surface area contributed by atoms with Crippen LogP contribution in [0.4, 0.5) is 51.2 Å². The average Bonchev–Trinajstić information content (AvgIpc) is 3.13. The van der Waals surface area contributed by atoms with Gasteiger partial charge in [0.1, 0.15) is 43.2 Å². The van der Waals surface area contributed by atoms with Crippen LogP contribution in [0.1, 0.15) is 0 Å². The van der Waals surface area contributed by atoms with Crippen molar-refractivity contribution in [3.8, 4) is 17.2 Å². The molecule has 20 nitrogen and oxygen atoms in total. The number of azo groups is 3. The molecule has 292 valence electrons. The zero-order chi connectivity index (χ0) is 41.3. The van der Waals surface area contributed by atoms with Crippen molar-refractivity contribution in [2.24, 2.45) is 30.7 Å². The van der Waals surface area contributed by atoms with Gasteiger partial charge in [-0.15, -0.1) is 15.3 Å². The van der Waals surface area contributed by atoms with Crippen LogP contribution in [0.25, 0.3) is 10.8 Å². The molecule has 0 bridgehead atoms. The third kappa shape index (κ3) is 8.99. The van der Waals surface area contributed by atoms with Crippen LogP contribution in [0.2, 0.25) is 0 Å². The Hall–Kier alpha value is -6.89. The fraction of sp³-hybridized carbons (Fsp3) is 0. The maximum Gasteiger partial charge on any atom is 0.296 e. The number of fused-ring (bicyclic) bond motifs is 1. The van der Waals surface area contributed by atoms with Crippen molar-refractivity contribution in [1.29, 1.82) is 0 Å². The predicted octanol–water partition coefficient (Wildman–Crippen LogP) is 8.27. The molecule has 6 rings (SSSR count). The Bertz CT molecular complexity index is 3000. The third-order valence-electron chi connectivity index (χ3n) is 7.78. The third-order valence-corrected chi connectivity index (χ3v) is 10.4. The molecule has 9 N–H and O–H groups in total. The molecule has 0 spiro atoms. The molecular formula is C34H26N8O12S3. The van der Waals surface area contributed by atoms with Gasteiger partial charge in [0.25, 0.3) is 30.4 Å². The summed E-state index contributed by atoms with van der Waals surface area (Å²) in [5.41, 5.74) is 4.55. The van der Waals surface area contributed by atoms with Crippen LogP contribution in [0, 0.1) is 0 Å². The molecular weight excluding hydrogens is 809 g/mol. The SMILES string of the molecule is Nc1c(/N=N/c2ccc(Nc3ccc(/N=N/c4ccc(O)cc4O)cc3)c(S(=O)(=O)O)c2)c(S(=O)(=O)O)cc2cc(S(=O)(=O)O)c(/N=N/c3ccccc3)c(O)c12. The Labute approximate surface area is 322 Å². The molecule has 6 aromatic carbocycles. The molecule has 0 saturated heterocycles. The van der Waals surface area contributed by atoms with E-state index in [1.807, 2.05) is 0 Å². The fourth-order valence-corrected chi connectivity index (χ4v) is 7.17. The van der Waals surface area contributed by atoms with Gasteiger partial charge in [0.15, 0.2) is 5.75 Å². The van der Waals surface area contributed by atoms with E-state index in [1.54, 1.807) is 18.2 Å².